The van der Waals surface area contributed by atoms with Crippen LogP contribution < -0.4 is 10.2 Å². The first kappa shape index (κ1) is 16.6. The van der Waals surface area contributed by atoms with Crippen LogP contribution in [-0.4, -0.2) is 48.4 Å². The first-order valence-corrected chi connectivity index (χ1v) is 8.06. The molecule has 3 rings (SSSR count). The fourth-order valence-corrected chi connectivity index (χ4v) is 2.67. The van der Waals surface area contributed by atoms with Crippen LogP contribution >= 0.6 is 0 Å². The fraction of sp³-hybridized carbons (Fsp3) is 0.471. The number of hydrogen-bond acceptors (Lipinski definition) is 7. The average molecular weight is 329 g/mol. The molecule has 1 N–H and O–H groups in total. The van der Waals surface area contributed by atoms with Gasteiger partial charge in [0.15, 0.2) is 5.82 Å². The summed E-state index contributed by atoms with van der Waals surface area (Å²) in [5.74, 6) is 2.40. The molecule has 0 aliphatic carbocycles. The van der Waals surface area contributed by atoms with Crippen molar-refractivity contribution in [3.63, 3.8) is 0 Å². The van der Waals surface area contributed by atoms with E-state index in [4.69, 9.17) is 14.5 Å². The third kappa shape index (κ3) is 3.98. The van der Waals surface area contributed by atoms with Crippen LogP contribution in [0.3, 0.4) is 0 Å². The molecular formula is C17H23N5O2. The molecule has 128 valence electrons. The molecule has 0 aromatic carbocycles. The minimum atomic E-state index is 0.392. The maximum Gasteiger partial charge on any atom is 0.156 e. The van der Waals surface area contributed by atoms with Crippen LogP contribution in [-0.2, 0) is 16.1 Å². The van der Waals surface area contributed by atoms with Crippen molar-refractivity contribution < 1.29 is 9.47 Å². The number of methoxy groups -OCH3 is 1. The Morgan fingerprint density at radius 3 is 2.67 bits per heavy atom. The highest BCUT2D eigenvalue weighted by Crippen LogP contribution is 2.22. The minimum Gasteiger partial charge on any atom is -0.378 e. The van der Waals surface area contributed by atoms with Crippen LogP contribution in [0.4, 0.5) is 17.3 Å². The van der Waals surface area contributed by atoms with Gasteiger partial charge in [0, 0.05) is 32.0 Å². The van der Waals surface area contributed by atoms with Gasteiger partial charge in [-0.25, -0.2) is 15.0 Å². The summed E-state index contributed by atoms with van der Waals surface area (Å²) in [6, 6.07) is 5.99. The number of aromatic nitrogens is 3. The lowest BCUT2D eigenvalue weighted by molar-refractivity contribution is 0.122. The van der Waals surface area contributed by atoms with Crippen molar-refractivity contribution in [3.05, 3.63) is 35.4 Å². The number of aryl methyl sites for hydroxylation is 2. The molecule has 1 aliphatic heterocycles. The van der Waals surface area contributed by atoms with Crippen LogP contribution in [0.1, 0.15) is 17.2 Å². The highest BCUT2D eigenvalue weighted by Gasteiger charge is 2.13. The van der Waals surface area contributed by atoms with Gasteiger partial charge >= 0.3 is 0 Å². The molecule has 1 fully saturated rings. The quantitative estimate of drug-likeness (QED) is 0.901. The van der Waals surface area contributed by atoms with Gasteiger partial charge in [-0.3, -0.25) is 0 Å². The Balaban J connectivity index is 1.78. The van der Waals surface area contributed by atoms with E-state index < -0.39 is 0 Å². The van der Waals surface area contributed by atoms with Crippen molar-refractivity contribution >= 4 is 17.3 Å². The summed E-state index contributed by atoms with van der Waals surface area (Å²) in [6.07, 6.45) is 0. The molecule has 0 amide bonds. The highest BCUT2D eigenvalue weighted by atomic mass is 16.5. The topological polar surface area (TPSA) is 72.4 Å². The first-order valence-electron chi connectivity index (χ1n) is 8.06. The second-order valence-corrected chi connectivity index (χ2v) is 5.77. The molecule has 0 spiro atoms. The van der Waals surface area contributed by atoms with Crippen molar-refractivity contribution in [1.29, 1.82) is 0 Å². The molecule has 0 radical (unpaired) electrons. The van der Waals surface area contributed by atoms with Gasteiger partial charge in [-0.1, -0.05) is 0 Å². The zero-order valence-electron chi connectivity index (χ0n) is 14.4. The maximum absolute atomic E-state index is 5.39. The monoisotopic (exact) mass is 329 g/mol. The lowest BCUT2D eigenvalue weighted by Gasteiger charge is -2.28. The number of anilines is 3. The fourth-order valence-electron chi connectivity index (χ4n) is 2.67. The number of pyridine rings is 1. The van der Waals surface area contributed by atoms with E-state index in [2.05, 4.69) is 20.2 Å². The predicted octanol–water partition coefficient (Wildman–Crippen LogP) is 2.22. The molecule has 0 bridgehead atoms. The molecule has 3 heterocycles. The lowest BCUT2D eigenvalue weighted by atomic mass is 10.2. The van der Waals surface area contributed by atoms with Gasteiger partial charge in [-0.05, 0) is 26.0 Å². The van der Waals surface area contributed by atoms with Crippen LogP contribution in [0.25, 0.3) is 0 Å². The van der Waals surface area contributed by atoms with Gasteiger partial charge in [-0.15, -0.1) is 0 Å². The molecule has 1 saturated heterocycles. The van der Waals surface area contributed by atoms with Crippen LogP contribution in [0.5, 0.6) is 0 Å². The zero-order chi connectivity index (χ0) is 16.9. The van der Waals surface area contributed by atoms with Crippen LogP contribution in [0.2, 0.25) is 0 Å². The summed E-state index contributed by atoms with van der Waals surface area (Å²) in [7, 11) is 1.64. The molecule has 2 aromatic heterocycles. The van der Waals surface area contributed by atoms with E-state index >= 15 is 0 Å². The Kier molecular flexibility index (Phi) is 5.22. The Hall–Kier alpha value is -2.25. The molecular weight excluding hydrogens is 306 g/mol. The van der Waals surface area contributed by atoms with Gasteiger partial charge in [0.2, 0.25) is 0 Å². The van der Waals surface area contributed by atoms with Gasteiger partial charge < -0.3 is 19.7 Å². The third-order valence-corrected chi connectivity index (χ3v) is 3.84. The highest BCUT2D eigenvalue weighted by molar-refractivity contribution is 5.61. The Morgan fingerprint density at radius 2 is 1.96 bits per heavy atom. The maximum atomic E-state index is 5.39. The normalized spacial score (nSPS) is 14.7. The second-order valence-electron chi connectivity index (χ2n) is 5.77. The molecule has 1 aliphatic rings. The predicted molar refractivity (Wildman–Crippen MR) is 92.8 cm³/mol. The van der Waals surface area contributed by atoms with Crippen LogP contribution in [0, 0.1) is 13.8 Å². The van der Waals surface area contributed by atoms with Crippen molar-refractivity contribution in [3.8, 4) is 0 Å². The van der Waals surface area contributed by atoms with E-state index in [1.165, 1.54) is 0 Å². The van der Waals surface area contributed by atoms with Gasteiger partial charge in [0.05, 0.1) is 24.6 Å². The van der Waals surface area contributed by atoms with Gasteiger partial charge in [0.25, 0.3) is 0 Å². The number of nitrogens with zero attached hydrogens (tertiary/aromatic N) is 4. The smallest absolute Gasteiger partial charge is 0.156 e. The summed E-state index contributed by atoms with van der Waals surface area (Å²) in [4.78, 5) is 15.8. The lowest BCUT2D eigenvalue weighted by Crippen LogP contribution is -2.36. The van der Waals surface area contributed by atoms with E-state index in [0.29, 0.717) is 12.4 Å². The van der Waals surface area contributed by atoms with E-state index in [0.717, 1.165) is 55.0 Å². The summed E-state index contributed by atoms with van der Waals surface area (Å²) >= 11 is 0. The van der Waals surface area contributed by atoms with Crippen LogP contribution in [0.15, 0.2) is 18.2 Å². The Bertz CT molecular complexity index is 701. The number of nitrogens with one attached hydrogen (secondary N) is 1. The molecule has 24 heavy (non-hydrogen) atoms. The average Bonchev–Trinajstić information content (AvgIpc) is 2.57. The van der Waals surface area contributed by atoms with Gasteiger partial charge in [-0.2, -0.15) is 0 Å². The molecule has 0 saturated carbocycles. The zero-order valence-corrected chi connectivity index (χ0v) is 14.4. The molecule has 7 nitrogen and oxygen atoms in total. The number of hydrogen-bond donors (Lipinski definition) is 1. The summed E-state index contributed by atoms with van der Waals surface area (Å²) in [6.45, 7) is 7.60. The number of rotatable bonds is 5. The number of morpholine rings is 1. The SMILES string of the molecule is COCc1nc(C)cc(Nc2ccc(N3CCOCC3)nc2C)n1. The second kappa shape index (κ2) is 7.55. The molecule has 0 unspecified atom stereocenters. The third-order valence-electron chi connectivity index (χ3n) is 3.84. The largest absolute Gasteiger partial charge is 0.378 e. The van der Waals surface area contributed by atoms with Crippen molar-refractivity contribution in [2.75, 3.05) is 43.6 Å². The van der Waals surface area contributed by atoms with E-state index in [9.17, 15) is 0 Å². The standard InChI is InChI=1S/C17H23N5O2/c1-12-10-15(21-16(18-12)11-23-3)20-14-4-5-17(19-13(14)2)22-6-8-24-9-7-22/h4-5,10H,6-9,11H2,1-3H3,(H,18,20,21). The Morgan fingerprint density at radius 1 is 1.17 bits per heavy atom. The molecule has 7 heteroatoms. The van der Waals surface area contributed by atoms with E-state index in [-0.39, 0.29) is 0 Å². The Labute approximate surface area is 142 Å². The van der Waals surface area contributed by atoms with Crippen molar-refractivity contribution in [1.82, 2.24) is 15.0 Å². The van der Waals surface area contributed by atoms with Crippen molar-refractivity contribution in [2.24, 2.45) is 0 Å². The van der Waals surface area contributed by atoms with E-state index in [1.54, 1.807) is 7.11 Å². The first-order chi connectivity index (χ1) is 11.7. The molecule has 2 aromatic rings. The summed E-state index contributed by atoms with van der Waals surface area (Å²) < 4.78 is 10.5. The minimum absolute atomic E-state index is 0.392. The van der Waals surface area contributed by atoms with E-state index in [1.807, 2.05) is 32.0 Å². The molecule has 0 atom stereocenters. The number of ether oxygens (including phenoxy) is 2. The summed E-state index contributed by atoms with van der Waals surface area (Å²) in [5, 5.41) is 3.33. The van der Waals surface area contributed by atoms with Crippen molar-refractivity contribution in [2.45, 2.75) is 20.5 Å². The summed E-state index contributed by atoms with van der Waals surface area (Å²) in [5.41, 5.74) is 2.77. The van der Waals surface area contributed by atoms with Gasteiger partial charge in [0.1, 0.15) is 18.2 Å².